The Morgan fingerprint density at radius 1 is 1.18 bits per heavy atom. The van der Waals surface area contributed by atoms with Gasteiger partial charge in [-0.15, -0.1) is 0 Å². The second-order valence-electron chi connectivity index (χ2n) is 7.71. The van der Waals surface area contributed by atoms with Gasteiger partial charge in [-0.25, -0.2) is 22.0 Å². The van der Waals surface area contributed by atoms with Crippen LogP contribution in [0.4, 0.5) is 19.3 Å². The number of carbonyl (C=O) groups is 1. The van der Waals surface area contributed by atoms with Gasteiger partial charge in [0.2, 0.25) is 0 Å². The summed E-state index contributed by atoms with van der Waals surface area (Å²) in [7, 11) is -4.30. The highest BCUT2D eigenvalue weighted by Gasteiger charge is 2.47. The van der Waals surface area contributed by atoms with Crippen LogP contribution in [0, 0.1) is 11.6 Å². The average molecular weight is 527 g/mol. The van der Waals surface area contributed by atoms with Crippen LogP contribution in [0.2, 0.25) is 5.02 Å². The summed E-state index contributed by atoms with van der Waals surface area (Å²) < 4.78 is 62.8. The Hall–Kier alpha value is -2.69. The van der Waals surface area contributed by atoms with Gasteiger partial charge in [0, 0.05) is 16.9 Å². The Kier molecular flexibility index (Phi) is 7.11. The molecule has 2 aromatic carbocycles. The number of fused-ring (bicyclic) bond motifs is 1. The molecular formula is C23H21ClF2N2O4S2. The van der Waals surface area contributed by atoms with E-state index in [2.05, 4.69) is 5.32 Å². The molecule has 34 heavy (non-hydrogen) atoms. The van der Waals surface area contributed by atoms with Crippen LogP contribution < -0.4 is 10.1 Å². The number of sulfone groups is 1. The van der Waals surface area contributed by atoms with Crippen molar-refractivity contribution in [3.8, 4) is 5.75 Å². The molecule has 3 aromatic rings. The van der Waals surface area contributed by atoms with E-state index in [1.165, 1.54) is 40.5 Å². The Labute approximate surface area is 205 Å². The number of rotatable bonds is 6. The Balaban J connectivity index is 1.85. The van der Waals surface area contributed by atoms with E-state index in [1.54, 1.807) is 16.8 Å². The summed E-state index contributed by atoms with van der Waals surface area (Å²) in [5.74, 6) is -2.28. The zero-order valence-corrected chi connectivity index (χ0v) is 20.4. The molecule has 0 aliphatic carbocycles. The molecule has 1 aliphatic heterocycles. The van der Waals surface area contributed by atoms with Gasteiger partial charge in [0.15, 0.2) is 21.4 Å². The summed E-state index contributed by atoms with van der Waals surface area (Å²) in [6, 6.07) is 7.17. The van der Waals surface area contributed by atoms with E-state index in [-0.39, 0.29) is 18.0 Å². The molecule has 2 atom stereocenters. The Morgan fingerprint density at radius 2 is 1.88 bits per heavy atom. The minimum Gasteiger partial charge on any atom is -0.488 e. The van der Waals surface area contributed by atoms with Crippen molar-refractivity contribution < 1.29 is 26.7 Å². The molecule has 2 heterocycles. The van der Waals surface area contributed by atoms with Gasteiger partial charge in [0.25, 0.3) is 0 Å². The fraction of sp³-hybridized carbons (Fsp3) is 0.261. The van der Waals surface area contributed by atoms with Crippen molar-refractivity contribution >= 4 is 44.5 Å². The average Bonchev–Trinajstić information content (AvgIpc) is 3.32. The van der Waals surface area contributed by atoms with Crippen LogP contribution in [0.3, 0.4) is 0 Å². The summed E-state index contributed by atoms with van der Waals surface area (Å²) in [5, 5.41) is 4.96. The third-order valence-corrected chi connectivity index (χ3v) is 8.58. The maximum Gasteiger partial charge on any atom is 0.322 e. The number of nitrogens with one attached hydrogen (secondary N) is 1. The number of hydrogen-bond acceptors (Lipinski definition) is 5. The van der Waals surface area contributed by atoms with E-state index < -0.39 is 50.1 Å². The van der Waals surface area contributed by atoms with Crippen molar-refractivity contribution in [1.29, 1.82) is 0 Å². The number of carbonyl (C=O) groups excluding carboxylic acids is 1. The van der Waals surface area contributed by atoms with E-state index in [0.29, 0.717) is 17.1 Å². The van der Waals surface area contributed by atoms with Crippen LogP contribution in [0.25, 0.3) is 0 Å². The number of nitrogens with zero attached hydrogens (tertiary/aromatic N) is 1. The normalized spacial score (nSPS) is 17.5. The summed E-state index contributed by atoms with van der Waals surface area (Å²) in [5.41, 5.74) is 0.109. The number of ether oxygens (including phenoxy) is 1. The molecule has 6 nitrogen and oxygen atoms in total. The first-order chi connectivity index (χ1) is 16.2. The van der Waals surface area contributed by atoms with Gasteiger partial charge in [-0.2, -0.15) is 11.3 Å². The molecule has 2 amide bonds. The van der Waals surface area contributed by atoms with Gasteiger partial charge in [-0.1, -0.05) is 18.5 Å². The molecule has 0 radical (unpaired) electrons. The molecule has 180 valence electrons. The molecule has 0 fully saturated rings. The lowest BCUT2D eigenvalue weighted by Crippen LogP contribution is -2.52. The van der Waals surface area contributed by atoms with Crippen molar-refractivity contribution in [2.45, 2.75) is 29.5 Å². The van der Waals surface area contributed by atoms with Crippen molar-refractivity contribution in [3.05, 3.63) is 75.4 Å². The third kappa shape index (κ3) is 4.62. The van der Waals surface area contributed by atoms with Crippen LogP contribution in [0.1, 0.15) is 24.2 Å². The lowest BCUT2D eigenvalue weighted by atomic mass is 9.99. The quantitative estimate of drug-likeness (QED) is 0.434. The van der Waals surface area contributed by atoms with Gasteiger partial charge < -0.3 is 15.0 Å². The van der Waals surface area contributed by atoms with Gasteiger partial charge >= 0.3 is 6.03 Å². The van der Waals surface area contributed by atoms with Gasteiger partial charge in [0.1, 0.15) is 17.7 Å². The smallest absolute Gasteiger partial charge is 0.322 e. The molecule has 0 bridgehead atoms. The molecule has 0 unspecified atom stereocenters. The van der Waals surface area contributed by atoms with Crippen molar-refractivity contribution in [2.75, 3.05) is 18.5 Å². The lowest BCUT2D eigenvalue weighted by molar-refractivity contribution is 0.129. The minimum absolute atomic E-state index is 0.127. The van der Waals surface area contributed by atoms with Crippen molar-refractivity contribution in [1.82, 2.24) is 4.90 Å². The number of hydrogen-bond donors (Lipinski definition) is 1. The zero-order chi connectivity index (χ0) is 24.5. The number of amides is 2. The molecule has 1 N–H and O–H groups in total. The lowest BCUT2D eigenvalue weighted by Gasteiger charge is -2.40. The van der Waals surface area contributed by atoms with Gasteiger partial charge in [0.05, 0.1) is 22.2 Å². The Morgan fingerprint density at radius 3 is 2.53 bits per heavy atom. The van der Waals surface area contributed by atoms with E-state index in [9.17, 15) is 17.6 Å². The summed E-state index contributed by atoms with van der Waals surface area (Å²) in [6.07, 6.45) is 0.500. The number of anilines is 1. The highest BCUT2D eigenvalue weighted by atomic mass is 35.5. The fourth-order valence-corrected chi connectivity index (χ4v) is 6.68. The fourth-order valence-electron chi connectivity index (χ4n) is 3.99. The molecule has 0 spiro atoms. The number of benzene rings is 2. The maximum atomic E-state index is 15.1. The van der Waals surface area contributed by atoms with Crippen LogP contribution in [0.5, 0.6) is 5.75 Å². The van der Waals surface area contributed by atoms with E-state index in [1.807, 2.05) is 6.92 Å². The first kappa shape index (κ1) is 24.4. The molecule has 1 aromatic heterocycles. The van der Waals surface area contributed by atoms with E-state index >= 15 is 4.39 Å². The second-order valence-corrected chi connectivity index (χ2v) is 11.0. The molecule has 0 saturated carbocycles. The van der Waals surface area contributed by atoms with Gasteiger partial charge in [-0.3, -0.25) is 0 Å². The third-order valence-electron chi connectivity index (χ3n) is 5.50. The SMILES string of the molecule is CCCN(C(=O)Nc1ccsc1)[C@H]1COc2c(F)ccc(F)c2[C@@H]1S(=O)(=O)c1ccc(Cl)cc1. The summed E-state index contributed by atoms with van der Waals surface area (Å²) >= 11 is 7.30. The van der Waals surface area contributed by atoms with Gasteiger partial charge in [-0.05, 0) is 54.3 Å². The molecule has 11 heteroatoms. The summed E-state index contributed by atoms with van der Waals surface area (Å²) in [6.45, 7) is 1.66. The highest BCUT2D eigenvalue weighted by molar-refractivity contribution is 7.91. The van der Waals surface area contributed by atoms with Crippen molar-refractivity contribution in [2.24, 2.45) is 0 Å². The van der Waals surface area contributed by atoms with E-state index in [0.717, 1.165) is 12.1 Å². The topological polar surface area (TPSA) is 75.7 Å². The molecular weight excluding hydrogens is 506 g/mol. The maximum absolute atomic E-state index is 15.1. The highest BCUT2D eigenvalue weighted by Crippen LogP contribution is 2.45. The molecule has 1 aliphatic rings. The Bertz CT molecular complexity index is 1290. The molecule has 0 saturated heterocycles. The number of thiophene rings is 1. The number of urea groups is 1. The monoisotopic (exact) mass is 526 g/mol. The predicted molar refractivity (Wildman–Crippen MR) is 127 cm³/mol. The zero-order valence-electron chi connectivity index (χ0n) is 18.0. The molecule has 4 rings (SSSR count). The first-order valence-electron chi connectivity index (χ1n) is 10.4. The van der Waals surface area contributed by atoms with Crippen LogP contribution in [-0.2, 0) is 9.84 Å². The predicted octanol–water partition coefficient (Wildman–Crippen LogP) is 5.90. The first-order valence-corrected chi connectivity index (χ1v) is 13.3. The van der Waals surface area contributed by atoms with E-state index in [4.69, 9.17) is 16.3 Å². The number of halogens is 3. The van der Waals surface area contributed by atoms with Crippen molar-refractivity contribution in [3.63, 3.8) is 0 Å². The summed E-state index contributed by atoms with van der Waals surface area (Å²) in [4.78, 5) is 14.4. The minimum atomic E-state index is -4.30. The second kappa shape index (κ2) is 9.89. The van der Waals surface area contributed by atoms with Crippen LogP contribution in [0.15, 0.2) is 58.1 Å². The van der Waals surface area contributed by atoms with Crippen LogP contribution in [-0.4, -0.2) is 38.5 Å². The standard InChI is InChI=1S/C23H21ClF2N2O4S2/c1-2-10-28(23(29)27-15-9-11-33-13-15)19-12-32-21-18(26)8-7-17(25)20(21)22(19)34(30,31)16-5-3-14(24)4-6-16/h3-9,11,13,19,22H,2,10,12H2,1H3,(H,27,29)/t19-,22+/m0/s1. The van der Waals surface area contributed by atoms with Crippen LogP contribution >= 0.6 is 22.9 Å². The largest absolute Gasteiger partial charge is 0.488 e.